The molecular formula is C21H19IN4O2. The van der Waals surface area contributed by atoms with Crippen molar-refractivity contribution in [3.63, 3.8) is 0 Å². The second-order valence-electron chi connectivity index (χ2n) is 6.73. The van der Waals surface area contributed by atoms with Crippen molar-refractivity contribution >= 4 is 51.0 Å². The van der Waals surface area contributed by atoms with Crippen molar-refractivity contribution in [2.24, 2.45) is 0 Å². The Bertz CT molecular complexity index is 1110. The summed E-state index contributed by atoms with van der Waals surface area (Å²) in [6.45, 7) is 3.66. The number of aryl methyl sites for hydroxylation is 1. The number of aromatic amines is 1. The molecule has 6 nitrogen and oxygen atoms in total. The van der Waals surface area contributed by atoms with Gasteiger partial charge < -0.3 is 4.74 Å². The van der Waals surface area contributed by atoms with Crippen molar-refractivity contribution in [3.05, 3.63) is 39.6 Å². The summed E-state index contributed by atoms with van der Waals surface area (Å²) in [7, 11) is 0. The van der Waals surface area contributed by atoms with Gasteiger partial charge in [0.25, 0.3) is 0 Å². The van der Waals surface area contributed by atoms with Gasteiger partial charge in [0.1, 0.15) is 17.1 Å². The number of hydrogen-bond donors (Lipinski definition) is 1. The first kappa shape index (κ1) is 18.7. The van der Waals surface area contributed by atoms with Crippen LogP contribution in [0.5, 0.6) is 5.75 Å². The second-order valence-corrected chi connectivity index (χ2v) is 7.89. The molecule has 2 aromatic heterocycles. The maximum Gasteiger partial charge on any atom is 0.308 e. The molecule has 0 bridgehead atoms. The zero-order valence-corrected chi connectivity index (χ0v) is 17.8. The molecular weight excluding hydrogens is 467 g/mol. The van der Waals surface area contributed by atoms with E-state index in [0.717, 1.165) is 27.5 Å². The Morgan fingerprint density at radius 2 is 2.18 bits per heavy atom. The molecule has 4 rings (SSSR count). The second kappa shape index (κ2) is 7.80. The van der Waals surface area contributed by atoms with Crippen LogP contribution in [0, 0.1) is 22.3 Å². The highest BCUT2D eigenvalue weighted by molar-refractivity contribution is 14.1. The number of benzene rings is 1. The number of carbonyl (C=O) groups excluding carboxylic acids is 1. The number of H-pyrrole nitrogens is 1. The smallest absolute Gasteiger partial charge is 0.308 e. The molecule has 0 atom stereocenters. The molecule has 3 aromatic rings. The predicted octanol–water partition coefficient (Wildman–Crippen LogP) is 4.49. The minimum atomic E-state index is -0.350. The summed E-state index contributed by atoms with van der Waals surface area (Å²) in [5.41, 5.74) is 3.21. The number of anilines is 2. The SMILES string of the molecule is CC#CC(=O)N(c1ccc2[nH]ncc2n1)c1cc(C)c(I)cc1OC1CCC1. The first-order valence-corrected chi connectivity index (χ1v) is 10.2. The third kappa shape index (κ3) is 3.56. The van der Waals surface area contributed by atoms with Crippen LogP contribution < -0.4 is 9.64 Å². The standard InChI is InChI=1S/C21H19IN4O2/c1-3-5-21(27)26(20-9-8-16-17(24-20)12-23-25-16)18-10-13(2)15(22)11-19(18)28-14-6-4-7-14/h8-12,14H,4,6-7H2,1-2H3,(H,23,25). The Kier molecular flexibility index (Phi) is 5.22. The lowest BCUT2D eigenvalue weighted by atomic mass is 9.96. The molecule has 142 valence electrons. The van der Waals surface area contributed by atoms with Crippen molar-refractivity contribution < 1.29 is 9.53 Å². The van der Waals surface area contributed by atoms with Gasteiger partial charge >= 0.3 is 5.91 Å². The molecule has 1 N–H and O–H groups in total. The monoisotopic (exact) mass is 486 g/mol. The van der Waals surface area contributed by atoms with E-state index in [1.165, 1.54) is 11.3 Å². The summed E-state index contributed by atoms with van der Waals surface area (Å²) >= 11 is 2.29. The van der Waals surface area contributed by atoms with Crippen LogP contribution in [0.1, 0.15) is 31.7 Å². The molecule has 1 aliphatic carbocycles. The number of aromatic nitrogens is 3. The van der Waals surface area contributed by atoms with E-state index >= 15 is 0 Å². The van der Waals surface area contributed by atoms with Gasteiger partial charge in [-0.05, 0) is 91.5 Å². The van der Waals surface area contributed by atoms with Crippen molar-refractivity contribution in [2.75, 3.05) is 4.90 Å². The van der Waals surface area contributed by atoms with Gasteiger partial charge in [-0.3, -0.25) is 9.89 Å². The van der Waals surface area contributed by atoms with Crippen LogP contribution in [-0.4, -0.2) is 27.2 Å². The molecule has 1 aliphatic rings. The third-order valence-electron chi connectivity index (χ3n) is 4.77. The highest BCUT2D eigenvalue weighted by Crippen LogP contribution is 2.39. The highest BCUT2D eigenvalue weighted by atomic mass is 127. The van der Waals surface area contributed by atoms with Gasteiger partial charge in [0, 0.05) is 3.57 Å². The van der Waals surface area contributed by atoms with Gasteiger partial charge in [0.05, 0.1) is 23.5 Å². The zero-order chi connectivity index (χ0) is 19.7. The van der Waals surface area contributed by atoms with Gasteiger partial charge in [0.2, 0.25) is 0 Å². The zero-order valence-electron chi connectivity index (χ0n) is 15.6. The van der Waals surface area contributed by atoms with E-state index in [1.807, 2.05) is 25.1 Å². The topological polar surface area (TPSA) is 71.1 Å². The van der Waals surface area contributed by atoms with Gasteiger partial charge in [-0.2, -0.15) is 5.10 Å². The van der Waals surface area contributed by atoms with Crippen molar-refractivity contribution in [1.29, 1.82) is 0 Å². The van der Waals surface area contributed by atoms with Crippen LogP contribution in [0.4, 0.5) is 11.5 Å². The molecule has 1 amide bonds. The summed E-state index contributed by atoms with van der Waals surface area (Å²) in [4.78, 5) is 19.1. The average molecular weight is 486 g/mol. The number of nitrogens with one attached hydrogen (secondary N) is 1. The van der Waals surface area contributed by atoms with Crippen LogP contribution in [-0.2, 0) is 4.79 Å². The molecule has 2 heterocycles. The normalized spacial score (nSPS) is 13.5. The van der Waals surface area contributed by atoms with E-state index < -0.39 is 0 Å². The maximum absolute atomic E-state index is 13.0. The average Bonchev–Trinajstić information content (AvgIpc) is 3.10. The molecule has 0 spiro atoms. The number of carbonyl (C=O) groups is 1. The number of nitrogens with zero attached hydrogens (tertiary/aromatic N) is 3. The van der Waals surface area contributed by atoms with E-state index in [4.69, 9.17) is 4.74 Å². The minimum Gasteiger partial charge on any atom is -0.488 e. The molecule has 0 radical (unpaired) electrons. The Morgan fingerprint density at radius 1 is 1.36 bits per heavy atom. The van der Waals surface area contributed by atoms with Gasteiger partial charge in [-0.25, -0.2) is 9.88 Å². The van der Waals surface area contributed by atoms with Crippen molar-refractivity contribution in [1.82, 2.24) is 15.2 Å². The van der Waals surface area contributed by atoms with E-state index in [-0.39, 0.29) is 12.0 Å². The first-order valence-electron chi connectivity index (χ1n) is 9.10. The molecule has 1 aromatic carbocycles. The first-order chi connectivity index (χ1) is 13.6. The van der Waals surface area contributed by atoms with Crippen LogP contribution in [0.2, 0.25) is 0 Å². The number of rotatable bonds is 4. The lowest BCUT2D eigenvalue weighted by Crippen LogP contribution is -2.29. The Hall–Kier alpha value is -2.60. The molecule has 28 heavy (non-hydrogen) atoms. The number of pyridine rings is 1. The number of ether oxygens (including phenoxy) is 1. The Morgan fingerprint density at radius 3 is 2.89 bits per heavy atom. The Labute approximate surface area is 176 Å². The molecule has 7 heteroatoms. The van der Waals surface area contributed by atoms with Crippen LogP contribution in [0.15, 0.2) is 30.5 Å². The van der Waals surface area contributed by atoms with Crippen LogP contribution in [0.25, 0.3) is 11.0 Å². The van der Waals surface area contributed by atoms with E-state index in [9.17, 15) is 4.79 Å². The maximum atomic E-state index is 13.0. The number of hydrogen-bond acceptors (Lipinski definition) is 4. The molecule has 1 fully saturated rings. The fourth-order valence-electron chi connectivity index (χ4n) is 3.03. The number of halogens is 1. The molecule has 0 aliphatic heterocycles. The Balaban J connectivity index is 1.86. The molecule has 0 unspecified atom stereocenters. The van der Waals surface area contributed by atoms with Crippen LogP contribution in [0.3, 0.4) is 0 Å². The van der Waals surface area contributed by atoms with E-state index in [0.29, 0.717) is 22.8 Å². The number of amides is 1. The highest BCUT2D eigenvalue weighted by Gasteiger charge is 2.26. The summed E-state index contributed by atoms with van der Waals surface area (Å²) in [6.07, 6.45) is 5.07. The summed E-state index contributed by atoms with van der Waals surface area (Å²) < 4.78 is 7.31. The molecule has 0 saturated heterocycles. The summed E-state index contributed by atoms with van der Waals surface area (Å²) in [5, 5.41) is 6.89. The van der Waals surface area contributed by atoms with Gasteiger partial charge in [0.15, 0.2) is 0 Å². The summed E-state index contributed by atoms with van der Waals surface area (Å²) in [6, 6.07) is 7.60. The number of fused-ring (bicyclic) bond motifs is 1. The van der Waals surface area contributed by atoms with Gasteiger partial charge in [-0.15, -0.1) is 0 Å². The fourth-order valence-corrected chi connectivity index (χ4v) is 3.47. The third-order valence-corrected chi connectivity index (χ3v) is 5.94. The summed E-state index contributed by atoms with van der Waals surface area (Å²) in [5.74, 6) is 6.16. The predicted molar refractivity (Wildman–Crippen MR) is 117 cm³/mol. The van der Waals surface area contributed by atoms with E-state index in [1.54, 1.807) is 19.2 Å². The van der Waals surface area contributed by atoms with Crippen LogP contribution >= 0.6 is 22.6 Å². The van der Waals surface area contributed by atoms with Crippen molar-refractivity contribution in [2.45, 2.75) is 39.2 Å². The van der Waals surface area contributed by atoms with E-state index in [2.05, 4.69) is 49.6 Å². The lowest BCUT2D eigenvalue weighted by molar-refractivity contribution is -0.112. The minimum absolute atomic E-state index is 0.191. The fraction of sp³-hybridized carbons (Fsp3) is 0.286. The largest absolute Gasteiger partial charge is 0.488 e. The quantitative estimate of drug-likeness (QED) is 0.436. The van der Waals surface area contributed by atoms with Crippen molar-refractivity contribution in [3.8, 4) is 17.6 Å². The molecule has 1 saturated carbocycles. The lowest BCUT2D eigenvalue weighted by Gasteiger charge is -2.30. The van der Waals surface area contributed by atoms with Gasteiger partial charge in [-0.1, -0.05) is 5.92 Å².